The lowest BCUT2D eigenvalue weighted by molar-refractivity contribution is 0.621. The van der Waals surface area contributed by atoms with E-state index in [1.807, 2.05) is 0 Å². The van der Waals surface area contributed by atoms with Gasteiger partial charge in [0.05, 0.1) is 0 Å². The van der Waals surface area contributed by atoms with Gasteiger partial charge in [-0.2, -0.15) is 11.8 Å². The molecule has 2 N–H and O–H groups in total. The van der Waals surface area contributed by atoms with Crippen LogP contribution in [0.15, 0.2) is 24.3 Å². The second-order valence-corrected chi connectivity index (χ2v) is 6.35. The summed E-state index contributed by atoms with van der Waals surface area (Å²) in [5.41, 5.74) is 8.62. The zero-order valence-electron chi connectivity index (χ0n) is 10.7. The molecular weight excluding hydrogens is 226 g/mol. The summed E-state index contributed by atoms with van der Waals surface area (Å²) in [6, 6.07) is 8.84. The van der Waals surface area contributed by atoms with Crippen LogP contribution < -0.4 is 5.73 Å². The van der Waals surface area contributed by atoms with E-state index in [0.29, 0.717) is 5.25 Å². The highest BCUT2D eigenvalue weighted by molar-refractivity contribution is 7.99. The average Bonchev–Trinajstić information content (AvgIpc) is 2.85. The number of hydrogen-bond acceptors (Lipinski definition) is 2. The summed E-state index contributed by atoms with van der Waals surface area (Å²) < 4.78 is 0. The van der Waals surface area contributed by atoms with E-state index < -0.39 is 0 Å². The minimum Gasteiger partial charge on any atom is -0.329 e. The molecule has 0 saturated heterocycles. The predicted molar refractivity (Wildman–Crippen MR) is 77.4 cm³/mol. The molecular formula is C15H23NS. The molecule has 1 aliphatic carbocycles. The molecule has 1 fully saturated rings. The molecule has 0 aromatic heterocycles. The molecule has 0 radical (unpaired) electrons. The fraction of sp³-hybridized carbons (Fsp3) is 0.600. The van der Waals surface area contributed by atoms with Gasteiger partial charge in [0, 0.05) is 11.8 Å². The van der Waals surface area contributed by atoms with E-state index in [1.54, 1.807) is 0 Å². The fourth-order valence-electron chi connectivity index (χ4n) is 2.51. The van der Waals surface area contributed by atoms with E-state index in [2.05, 4.69) is 43.0 Å². The molecule has 2 rings (SSSR count). The molecule has 1 atom stereocenters. The minimum atomic E-state index is 0.483. The molecule has 1 aromatic carbocycles. The van der Waals surface area contributed by atoms with Crippen LogP contribution >= 0.6 is 11.8 Å². The summed E-state index contributed by atoms with van der Waals surface area (Å²) in [4.78, 5) is 0. The summed E-state index contributed by atoms with van der Waals surface area (Å²) in [6.07, 6.45) is 5.72. The van der Waals surface area contributed by atoms with Gasteiger partial charge in [-0.25, -0.2) is 0 Å². The summed E-state index contributed by atoms with van der Waals surface area (Å²) in [6.45, 7) is 2.88. The highest BCUT2D eigenvalue weighted by Gasteiger charge is 2.18. The van der Waals surface area contributed by atoms with Crippen molar-refractivity contribution in [3.05, 3.63) is 35.4 Å². The maximum absolute atomic E-state index is 5.91. The van der Waals surface area contributed by atoms with Crippen LogP contribution in [0.2, 0.25) is 0 Å². The van der Waals surface area contributed by atoms with Crippen molar-refractivity contribution in [2.75, 3.05) is 12.3 Å². The van der Waals surface area contributed by atoms with Crippen molar-refractivity contribution in [3.63, 3.8) is 0 Å². The van der Waals surface area contributed by atoms with Crippen LogP contribution in [-0.2, 0) is 0 Å². The monoisotopic (exact) mass is 249 g/mol. The lowest BCUT2D eigenvalue weighted by Crippen LogP contribution is -2.11. The van der Waals surface area contributed by atoms with Crippen LogP contribution in [0.1, 0.15) is 42.1 Å². The molecule has 1 nitrogen and oxygen atoms in total. The number of hydrogen-bond donors (Lipinski definition) is 1. The number of rotatable bonds is 5. The van der Waals surface area contributed by atoms with Crippen LogP contribution in [0.3, 0.4) is 0 Å². The van der Waals surface area contributed by atoms with Crippen molar-refractivity contribution < 1.29 is 0 Å². The summed E-state index contributed by atoms with van der Waals surface area (Å²) in [5.74, 6) is 2.23. The summed E-state index contributed by atoms with van der Waals surface area (Å²) >= 11 is 2.05. The average molecular weight is 249 g/mol. The molecule has 1 aromatic rings. The molecule has 1 saturated carbocycles. The topological polar surface area (TPSA) is 26.0 Å². The standard InChI is InChI=1S/C15H23NS/c1-12-6-8-14(9-7-12)15(10-16)17-11-13-4-2-3-5-13/h6-9,13,15H,2-5,10-11,16H2,1H3. The Bertz CT molecular complexity index is 327. The first kappa shape index (κ1) is 13.0. The van der Waals surface area contributed by atoms with Gasteiger partial charge in [-0.05, 0) is 37.0 Å². The first-order valence-electron chi connectivity index (χ1n) is 6.68. The van der Waals surface area contributed by atoms with Gasteiger partial charge in [-0.15, -0.1) is 0 Å². The largest absolute Gasteiger partial charge is 0.329 e. The Morgan fingerprint density at radius 2 is 1.88 bits per heavy atom. The Kier molecular flexibility index (Phi) is 4.93. The van der Waals surface area contributed by atoms with Gasteiger partial charge in [-0.3, -0.25) is 0 Å². The third-order valence-corrected chi connectivity index (χ3v) is 5.20. The maximum Gasteiger partial charge on any atom is 0.0419 e. The Balaban J connectivity index is 1.89. The van der Waals surface area contributed by atoms with Crippen molar-refractivity contribution >= 4 is 11.8 Å². The SMILES string of the molecule is Cc1ccc(C(CN)SCC2CCCC2)cc1. The smallest absolute Gasteiger partial charge is 0.0419 e. The lowest BCUT2D eigenvalue weighted by Gasteiger charge is -2.17. The van der Waals surface area contributed by atoms with Gasteiger partial charge < -0.3 is 5.73 Å². The molecule has 0 bridgehead atoms. The maximum atomic E-state index is 5.91. The lowest BCUT2D eigenvalue weighted by atomic mass is 10.1. The zero-order chi connectivity index (χ0) is 12.1. The van der Waals surface area contributed by atoms with Gasteiger partial charge in [-0.1, -0.05) is 42.7 Å². The number of aryl methyl sites for hydroxylation is 1. The highest BCUT2D eigenvalue weighted by Crippen LogP contribution is 2.34. The van der Waals surface area contributed by atoms with Crippen LogP contribution in [0.4, 0.5) is 0 Å². The van der Waals surface area contributed by atoms with E-state index in [0.717, 1.165) is 12.5 Å². The number of nitrogens with two attached hydrogens (primary N) is 1. The van der Waals surface area contributed by atoms with E-state index in [-0.39, 0.29) is 0 Å². The highest BCUT2D eigenvalue weighted by atomic mass is 32.2. The van der Waals surface area contributed by atoms with Gasteiger partial charge in [0.2, 0.25) is 0 Å². The van der Waals surface area contributed by atoms with Crippen molar-refractivity contribution in [3.8, 4) is 0 Å². The van der Waals surface area contributed by atoms with Gasteiger partial charge in [0.1, 0.15) is 0 Å². The van der Waals surface area contributed by atoms with E-state index in [4.69, 9.17) is 5.73 Å². The molecule has 0 heterocycles. The number of benzene rings is 1. The predicted octanol–water partition coefficient (Wildman–Crippen LogP) is 3.92. The van der Waals surface area contributed by atoms with Crippen molar-refractivity contribution in [1.82, 2.24) is 0 Å². The van der Waals surface area contributed by atoms with Crippen LogP contribution in [-0.4, -0.2) is 12.3 Å². The van der Waals surface area contributed by atoms with E-state index in [1.165, 1.54) is 42.6 Å². The van der Waals surface area contributed by atoms with Crippen LogP contribution in [0, 0.1) is 12.8 Å². The van der Waals surface area contributed by atoms with Crippen LogP contribution in [0.5, 0.6) is 0 Å². The zero-order valence-corrected chi connectivity index (χ0v) is 11.5. The quantitative estimate of drug-likeness (QED) is 0.856. The van der Waals surface area contributed by atoms with E-state index >= 15 is 0 Å². The second kappa shape index (κ2) is 6.46. The molecule has 2 heteroatoms. The van der Waals surface area contributed by atoms with Crippen molar-refractivity contribution in [2.24, 2.45) is 11.7 Å². The molecule has 1 aliphatic rings. The van der Waals surface area contributed by atoms with Gasteiger partial charge >= 0.3 is 0 Å². The van der Waals surface area contributed by atoms with Crippen LogP contribution in [0.25, 0.3) is 0 Å². The Hall–Kier alpha value is -0.470. The Morgan fingerprint density at radius 3 is 2.47 bits per heavy atom. The third-order valence-electron chi connectivity index (χ3n) is 3.67. The normalized spacial score (nSPS) is 18.5. The Labute approximate surface area is 109 Å². The molecule has 1 unspecified atom stereocenters. The molecule has 17 heavy (non-hydrogen) atoms. The Morgan fingerprint density at radius 1 is 1.24 bits per heavy atom. The van der Waals surface area contributed by atoms with Crippen molar-refractivity contribution in [1.29, 1.82) is 0 Å². The second-order valence-electron chi connectivity index (χ2n) is 5.12. The van der Waals surface area contributed by atoms with Gasteiger partial charge in [0.25, 0.3) is 0 Å². The van der Waals surface area contributed by atoms with Crippen molar-refractivity contribution in [2.45, 2.75) is 37.9 Å². The summed E-state index contributed by atoms with van der Waals surface area (Å²) in [5, 5.41) is 0.483. The molecule has 0 spiro atoms. The fourth-order valence-corrected chi connectivity index (χ4v) is 3.83. The van der Waals surface area contributed by atoms with E-state index in [9.17, 15) is 0 Å². The first-order valence-corrected chi connectivity index (χ1v) is 7.72. The third kappa shape index (κ3) is 3.75. The summed E-state index contributed by atoms with van der Waals surface area (Å²) in [7, 11) is 0. The molecule has 94 valence electrons. The molecule has 0 amide bonds. The number of thioether (sulfide) groups is 1. The minimum absolute atomic E-state index is 0.483. The first-order chi connectivity index (χ1) is 8.29. The molecule has 0 aliphatic heterocycles. The van der Waals surface area contributed by atoms with Gasteiger partial charge in [0.15, 0.2) is 0 Å².